The Balaban J connectivity index is 2.02. The summed E-state index contributed by atoms with van der Waals surface area (Å²) in [6.07, 6.45) is 0. The van der Waals surface area contributed by atoms with Crippen LogP contribution in [0.4, 0.5) is 20.2 Å². The van der Waals surface area contributed by atoms with Gasteiger partial charge in [-0.2, -0.15) is 0 Å². The van der Waals surface area contributed by atoms with Gasteiger partial charge < -0.3 is 5.32 Å². The summed E-state index contributed by atoms with van der Waals surface area (Å²) < 4.78 is 26.3. The van der Waals surface area contributed by atoms with Crippen LogP contribution in [0.25, 0.3) is 0 Å². The average Bonchev–Trinajstić information content (AvgIpc) is 2.52. The van der Waals surface area contributed by atoms with Crippen molar-refractivity contribution in [3.8, 4) is 0 Å². The van der Waals surface area contributed by atoms with E-state index >= 15 is 0 Å². The highest BCUT2D eigenvalue weighted by Gasteiger charge is 2.17. The minimum Gasteiger partial charge on any atom is -0.325 e. The van der Waals surface area contributed by atoms with Crippen LogP contribution in [0.15, 0.2) is 42.5 Å². The quantitative estimate of drug-likeness (QED) is 0.640. The van der Waals surface area contributed by atoms with Crippen molar-refractivity contribution >= 4 is 17.3 Å². The maximum absolute atomic E-state index is 13.1. The first-order valence-electron chi connectivity index (χ1n) is 7.47. The molecule has 2 aromatic rings. The van der Waals surface area contributed by atoms with Crippen LogP contribution in [-0.4, -0.2) is 29.3 Å². The number of likely N-dealkylation sites (N-methyl/N-ethyl adjacent to an activating group) is 1. The first-order chi connectivity index (χ1) is 11.8. The molecule has 1 N–H and O–H groups in total. The molecule has 132 valence electrons. The summed E-state index contributed by atoms with van der Waals surface area (Å²) in [6, 6.07) is 8.63. The average molecular weight is 349 g/mol. The van der Waals surface area contributed by atoms with E-state index in [4.69, 9.17) is 0 Å². The number of nitro groups is 1. The van der Waals surface area contributed by atoms with Crippen molar-refractivity contribution in [1.29, 1.82) is 0 Å². The third-order valence-electron chi connectivity index (χ3n) is 3.76. The Morgan fingerprint density at radius 3 is 2.48 bits per heavy atom. The van der Waals surface area contributed by atoms with E-state index < -0.39 is 22.5 Å². The predicted octanol–water partition coefficient (Wildman–Crippen LogP) is 3.50. The van der Waals surface area contributed by atoms with Crippen molar-refractivity contribution in [2.45, 2.75) is 13.0 Å². The van der Waals surface area contributed by atoms with Gasteiger partial charge >= 0.3 is 0 Å². The number of carbonyl (C=O) groups excluding carboxylic acids is 1. The molecule has 0 heterocycles. The van der Waals surface area contributed by atoms with Gasteiger partial charge in [-0.3, -0.25) is 19.8 Å². The summed E-state index contributed by atoms with van der Waals surface area (Å²) in [4.78, 5) is 24.1. The Bertz CT molecular complexity index is 778. The Morgan fingerprint density at radius 1 is 1.24 bits per heavy atom. The zero-order valence-corrected chi connectivity index (χ0v) is 13.7. The fourth-order valence-electron chi connectivity index (χ4n) is 2.34. The van der Waals surface area contributed by atoms with Crippen LogP contribution in [0.2, 0.25) is 0 Å². The first-order valence-corrected chi connectivity index (χ1v) is 7.47. The SMILES string of the molecule is CC(c1cccc([N+](=O)[O-])c1)N(C)CC(=O)Nc1cc(F)cc(F)c1. The number of amides is 1. The topological polar surface area (TPSA) is 75.5 Å². The number of hydrogen-bond acceptors (Lipinski definition) is 4. The smallest absolute Gasteiger partial charge is 0.269 e. The van der Waals surface area contributed by atoms with Gasteiger partial charge in [-0.15, -0.1) is 0 Å². The van der Waals surface area contributed by atoms with Gasteiger partial charge in [0.15, 0.2) is 0 Å². The van der Waals surface area contributed by atoms with Crippen molar-refractivity contribution in [1.82, 2.24) is 4.90 Å². The highest BCUT2D eigenvalue weighted by Crippen LogP contribution is 2.23. The minimum atomic E-state index is -0.784. The van der Waals surface area contributed by atoms with Crippen molar-refractivity contribution in [2.75, 3.05) is 18.9 Å². The molecule has 0 saturated heterocycles. The zero-order chi connectivity index (χ0) is 18.6. The molecule has 2 aromatic carbocycles. The van der Waals surface area contributed by atoms with Crippen LogP contribution >= 0.6 is 0 Å². The second kappa shape index (κ2) is 7.80. The largest absolute Gasteiger partial charge is 0.325 e. The van der Waals surface area contributed by atoms with E-state index in [1.165, 1.54) is 12.1 Å². The number of benzene rings is 2. The molecule has 1 amide bonds. The summed E-state index contributed by atoms with van der Waals surface area (Å²) >= 11 is 0. The molecular weight excluding hydrogens is 332 g/mol. The third-order valence-corrected chi connectivity index (χ3v) is 3.76. The number of nitro benzene ring substituents is 1. The highest BCUT2D eigenvalue weighted by molar-refractivity contribution is 5.92. The van der Waals surface area contributed by atoms with Crippen molar-refractivity contribution in [3.05, 3.63) is 69.8 Å². The number of non-ortho nitro benzene ring substituents is 1. The second-order valence-electron chi connectivity index (χ2n) is 5.65. The van der Waals surface area contributed by atoms with Gasteiger partial charge in [0.25, 0.3) is 5.69 Å². The Kier molecular flexibility index (Phi) is 5.76. The maximum atomic E-state index is 13.1. The number of hydrogen-bond donors (Lipinski definition) is 1. The minimum absolute atomic E-state index is 0.0268. The number of nitrogens with one attached hydrogen (secondary N) is 1. The molecule has 0 saturated carbocycles. The van der Waals surface area contributed by atoms with Crippen LogP contribution in [0.3, 0.4) is 0 Å². The number of rotatable bonds is 6. The normalized spacial score (nSPS) is 12.0. The highest BCUT2D eigenvalue weighted by atomic mass is 19.1. The van der Waals surface area contributed by atoms with Gasteiger partial charge in [-0.05, 0) is 31.7 Å². The van der Waals surface area contributed by atoms with Crippen LogP contribution in [-0.2, 0) is 4.79 Å². The van der Waals surface area contributed by atoms with E-state index in [0.29, 0.717) is 11.6 Å². The van der Waals surface area contributed by atoms with Crippen LogP contribution in [0.5, 0.6) is 0 Å². The Morgan fingerprint density at radius 2 is 1.88 bits per heavy atom. The molecule has 0 aromatic heterocycles. The number of halogens is 2. The number of anilines is 1. The lowest BCUT2D eigenvalue weighted by Gasteiger charge is -2.24. The van der Waals surface area contributed by atoms with Crippen LogP contribution in [0.1, 0.15) is 18.5 Å². The molecule has 0 aliphatic carbocycles. The van der Waals surface area contributed by atoms with E-state index in [0.717, 1.165) is 12.1 Å². The summed E-state index contributed by atoms with van der Waals surface area (Å²) in [5.41, 5.74) is 0.678. The van der Waals surface area contributed by atoms with E-state index in [9.17, 15) is 23.7 Å². The standard InChI is InChI=1S/C17H17F2N3O3/c1-11(12-4-3-5-16(6-12)22(24)25)21(2)10-17(23)20-15-8-13(18)7-14(19)9-15/h3-9,11H,10H2,1-2H3,(H,20,23). The van der Waals surface area contributed by atoms with Crippen LogP contribution < -0.4 is 5.32 Å². The molecule has 6 nitrogen and oxygen atoms in total. The molecule has 1 atom stereocenters. The van der Waals surface area contributed by atoms with Gasteiger partial charge in [0.05, 0.1) is 11.5 Å². The molecule has 0 fully saturated rings. The number of nitrogens with zero attached hydrogens (tertiary/aromatic N) is 2. The maximum Gasteiger partial charge on any atom is 0.269 e. The van der Waals surface area contributed by atoms with E-state index in [1.54, 1.807) is 31.0 Å². The van der Waals surface area contributed by atoms with Crippen molar-refractivity contribution in [3.63, 3.8) is 0 Å². The lowest BCUT2D eigenvalue weighted by molar-refractivity contribution is -0.384. The van der Waals surface area contributed by atoms with Gasteiger partial charge in [0.2, 0.25) is 5.91 Å². The zero-order valence-electron chi connectivity index (χ0n) is 13.7. The molecule has 0 spiro atoms. The third kappa shape index (κ3) is 5.05. The van der Waals surface area contributed by atoms with Gasteiger partial charge in [0.1, 0.15) is 11.6 Å². The summed E-state index contributed by atoms with van der Waals surface area (Å²) in [5.74, 6) is -2.02. The van der Waals surface area contributed by atoms with E-state index in [-0.39, 0.29) is 24.0 Å². The lowest BCUT2D eigenvalue weighted by Crippen LogP contribution is -2.32. The summed E-state index contributed by atoms with van der Waals surface area (Å²) in [6.45, 7) is 1.75. The molecular formula is C17H17F2N3O3. The molecule has 0 radical (unpaired) electrons. The summed E-state index contributed by atoms with van der Waals surface area (Å²) in [5, 5.41) is 13.3. The molecule has 1 unspecified atom stereocenters. The first kappa shape index (κ1) is 18.5. The van der Waals surface area contributed by atoms with Gasteiger partial charge in [-0.25, -0.2) is 8.78 Å². The second-order valence-corrected chi connectivity index (χ2v) is 5.65. The van der Waals surface area contributed by atoms with Crippen LogP contribution in [0, 0.1) is 21.7 Å². The van der Waals surface area contributed by atoms with E-state index in [1.807, 2.05) is 0 Å². The Labute approximate surface area is 143 Å². The van der Waals surface area contributed by atoms with E-state index in [2.05, 4.69) is 5.32 Å². The molecule has 0 aliphatic rings. The van der Waals surface area contributed by atoms with Crippen molar-refractivity contribution < 1.29 is 18.5 Å². The predicted molar refractivity (Wildman–Crippen MR) is 89.1 cm³/mol. The number of carbonyl (C=O) groups is 1. The molecule has 25 heavy (non-hydrogen) atoms. The lowest BCUT2D eigenvalue weighted by atomic mass is 10.1. The molecule has 0 aliphatic heterocycles. The molecule has 0 bridgehead atoms. The Hall–Kier alpha value is -2.87. The molecule has 2 rings (SSSR count). The van der Waals surface area contributed by atoms with Crippen molar-refractivity contribution in [2.24, 2.45) is 0 Å². The fraction of sp³-hybridized carbons (Fsp3) is 0.235. The molecule has 8 heteroatoms. The van der Waals surface area contributed by atoms with Gasteiger partial charge in [0, 0.05) is 29.9 Å². The van der Waals surface area contributed by atoms with Gasteiger partial charge in [-0.1, -0.05) is 12.1 Å². The summed E-state index contributed by atoms with van der Waals surface area (Å²) in [7, 11) is 1.68. The monoisotopic (exact) mass is 349 g/mol. The fourth-order valence-corrected chi connectivity index (χ4v) is 2.34.